The SMILES string of the molecule is OC[C@@H](Nc1c(F)c(F)nc(F)c1F)c1ccccc1. The van der Waals surface area contributed by atoms with Gasteiger partial charge in [-0.25, -0.2) is 0 Å². The molecular formula is C13H10F4N2O. The first-order valence-corrected chi connectivity index (χ1v) is 5.67. The molecule has 0 amide bonds. The average Bonchev–Trinajstić information content (AvgIpc) is 2.46. The summed E-state index contributed by atoms with van der Waals surface area (Å²) in [7, 11) is 0. The highest BCUT2D eigenvalue weighted by molar-refractivity contribution is 5.47. The van der Waals surface area contributed by atoms with Crippen molar-refractivity contribution in [1.29, 1.82) is 0 Å². The molecule has 0 bridgehead atoms. The van der Waals surface area contributed by atoms with Gasteiger partial charge in [0, 0.05) is 0 Å². The van der Waals surface area contributed by atoms with Gasteiger partial charge in [0.2, 0.25) is 11.6 Å². The van der Waals surface area contributed by atoms with Crippen molar-refractivity contribution in [2.24, 2.45) is 0 Å². The van der Waals surface area contributed by atoms with Crippen LogP contribution < -0.4 is 5.32 Å². The van der Waals surface area contributed by atoms with Gasteiger partial charge in [-0.2, -0.15) is 22.5 Å². The van der Waals surface area contributed by atoms with E-state index >= 15 is 0 Å². The number of pyridine rings is 1. The highest BCUT2D eigenvalue weighted by Gasteiger charge is 2.23. The average molecular weight is 286 g/mol. The Hall–Kier alpha value is -2.15. The molecule has 1 atom stereocenters. The first-order chi connectivity index (χ1) is 9.54. The number of aliphatic hydroxyl groups excluding tert-OH is 1. The van der Waals surface area contributed by atoms with E-state index in [0.29, 0.717) is 5.56 Å². The molecule has 0 fully saturated rings. The summed E-state index contributed by atoms with van der Waals surface area (Å²) in [6.45, 7) is -0.519. The zero-order valence-electron chi connectivity index (χ0n) is 10.1. The first-order valence-electron chi connectivity index (χ1n) is 5.67. The molecular weight excluding hydrogens is 276 g/mol. The van der Waals surface area contributed by atoms with Crippen molar-refractivity contribution >= 4 is 5.69 Å². The number of aromatic nitrogens is 1. The number of aliphatic hydroxyl groups is 1. The van der Waals surface area contributed by atoms with Crippen LogP contribution in [-0.2, 0) is 0 Å². The lowest BCUT2D eigenvalue weighted by Crippen LogP contribution is -2.18. The van der Waals surface area contributed by atoms with E-state index in [-0.39, 0.29) is 0 Å². The summed E-state index contributed by atoms with van der Waals surface area (Å²) in [5.41, 5.74) is -0.496. The number of anilines is 1. The second kappa shape index (κ2) is 5.87. The van der Waals surface area contributed by atoms with Gasteiger partial charge in [0.25, 0.3) is 11.9 Å². The molecule has 106 valence electrons. The molecule has 2 aromatic rings. The number of hydrogen-bond donors (Lipinski definition) is 2. The van der Waals surface area contributed by atoms with Crippen LogP contribution in [0.3, 0.4) is 0 Å². The monoisotopic (exact) mass is 286 g/mol. The van der Waals surface area contributed by atoms with Gasteiger partial charge < -0.3 is 10.4 Å². The summed E-state index contributed by atoms with van der Waals surface area (Å²) in [4.78, 5) is 2.45. The topological polar surface area (TPSA) is 45.1 Å². The molecule has 0 radical (unpaired) electrons. The lowest BCUT2D eigenvalue weighted by molar-refractivity contribution is 0.275. The summed E-state index contributed by atoms with van der Waals surface area (Å²) >= 11 is 0. The molecule has 1 aromatic carbocycles. The summed E-state index contributed by atoms with van der Waals surface area (Å²) in [6.07, 6.45) is 0. The van der Waals surface area contributed by atoms with Crippen molar-refractivity contribution in [2.75, 3.05) is 11.9 Å². The summed E-state index contributed by atoms with van der Waals surface area (Å²) in [5, 5.41) is 11.5. The standard InChI is InChI=1S/C13H10F4N2O/c14-9-11(10(15)13(17)19-12(9)16)18-8(6-20)7-4-2-1-3-5-7/h1-5,8,20H,6H2,(H,18,19)/t8-/m1/s1. The van der Waals surface area contributed by atoms with Crippen LogP contribution in [0.15, 0.2) is 30.3 Å². The van der Waals surface area contributed by atoms with Gasteiger partial charge in [0.05, 0.1) is 12.6 Å². The molecule has 2 rings (SSSR count). The fourth-order valence-corrected chi connectivity index (χ4v) is 1.71. The minimum atomic E-state index is -1.75. The molecule has 0 spiro atoms. The van der Waals surface area contributed by atoms with Gasteiger partial charge in [0.1, 0.15) is 5.69 Å². The van der Waals surface area contributed by atoms with Crippen LogP contribution in [0.25, 0.3) is 0 Å². The minimum absolute atomic E-state index is 0.506. The van der Waals surface area contributed by atoms with Crippen molar-refractivity contribution < 1.29 is 22.7 Å². The van der Waals surface area contributed by atoms with Crippen LogP contribution in [0.2, 0.25) is 0 Å². The van der Waals surface area contributed by atoms with E-state index < -0.39 is 41.9 Å². The second-order valence-corrected chi connectivity index (χ2v) is 3.99. The highest BCUT2D eigenvalue weighted by Crippen LogP contribution is 2.26. The Kier molecular flexibility index (Phi) is 4.19. The van der Waals surface area contributed by atoms with E-state index in [0.717, 1.165) is 0 Å². The maximum Gasteiger partial charge on any atom is 0.253 e. The van der Waals surface area contributed by atoms with Gasteiger partial charge >= 0.3 is 0 Å². The fourth-order valence-electron chi connectivity index (χ4n) is 1.71. The van der Waals surface area contributed by atoms with Crippen LogP contribution in [0.5, 0.6) is 0 Å². The van der Waals surface area contributed by atoms with E-state index in [2.05, 4.69) is 10.3 Å². The van der Waals surface area contributed by atoms with E-state index in [1.807, 2.05) is 0 Å². The van der Waals surface area contributed by atoms with Gasteiger partial charge in [-0.05, 0) is 5.56 Å². The normalized spacial score (nSPS) is 12.2. The largest absolute Gasteiger partial charge is 0.394 e. The van der Waals surface area contributed by atoms with E-state index in [1.165, 1.54) is 0 Å². The molecule has 7 heteroatoms. The van der Waals surface area contributed by atoms with Crippen molar-refractivity contribution in [3.63, 3.8) is 0 Å². The van der Waals surface area contributed by atoms with Crippen molar-refractivity contribution in [2.45, 2.75) is 6.04 Å². The smallest absolute Gasteiger partial charge is 0.253 e. The van der Waals surface area contributed by atoms with Gasteiger partial charge in [-0.1, -0.05) is 30.3 Å². The third-order valence-corrected chi connectivity index (χ3v) is 2.70. The lowest BCUT2D eigenvalue weighted by Gasteiger charge is -2.19. The zero-order chi connectivity index (χ0) is 14.7. The summed E-state index contributed by atoms with van der Waals surface area (Å²) in [5.74, 6) is -6.79. The van der Waals surface area contributed by atoms with Crippen LogP contribution in [-0.4, -0.2) is 16.7 Å². The predicted molar refractivity (Wildman–Crippen MR) is 64.0 cm³/mol. The van der Waals surface area contributed by atoms with Crippen molar-refractivity contribution in [3.8, 4) is 0 Å². The molecule has 0 aliphatic carbocycles. The Balaban J connectivity index is 2.38. The second-order valence-electron chi connectivity index (χ2n) is 3.99. The Morgan fingerprint density at radius 2 is 1.55 bits per heavy atom. The molecule has 1 aromatic heterocycles. The highest BCUT2D eigenvalue weighted by atomic mass is 19.2. The van der Waals surface area contributed by atoms with Crippen LogP contribution in [0.1, 0.15) is 11.6 Å². The molecule has 0 saturated heterocycles. The van der Waals surface area contributed by atoms with Crippen LogP contribution >= 0.6 is 0 Å². The summed E-state index contributed by atoms with van der Waals surface area (Å²) in [6, 6.07) is 7.29. The maximum atomic E-state index is 13.5. The van der Waals surface area contributed by atoms with E-state index in [4.69, 9.17) is 0 Å². The molecule has 0 aliphatic rings. The Labute approximate surface area is 111 Å². The van der Waals surface area contributed by atoms with Crippen LogP contribution in [0.4, 0.5) is 23.2 Å². The first kappa shape index (κ1) is 14.3. The number of nitrogens with one attached hydrogen (secondary N) is 1. The van der Waals surface area contributed by atoms with Gasteiger partial charge in [0.15, 0.2) is 0 Å². The Bertz CT molecular complexity index is 581. The Morgan fingerprint density at radius 1 is 1.00 bits per heavy atom. The van der Waals surface area contributed by atoms with Gasteiger partial charge in [-0.3, -0.25) is 0 Å². The molecule has 1 heterocycles. The van der Waals surface area contributed by atoms with E-state index in [1.54, 1.807) is 30.3 Å². The molecule has 0 aliphatic heterocycles. The van der Waals surface area contributed by atoms with Gasteiger partial charge in [-0.15, -0.1) is 0 Å². The summed E-state index contributed by atoms with van der Waals surface area (Å²) < 4.78 is 52.9. The fraction of sp³-hybridized carbons (Fsp3) is 0.154. The molecule has 20 heavy (non-hydrogen) atoms. The number of hydrogen-bond acceptors (Lipinski definition) is 3. The van der Waals surface area contributed by atoms with Crippen molar-refractivity contribution in [1.82, 2.24) is 4.98 Å². The predicted octanol–water partition coefficient (Wildman–Crippen LogP) is 2.78. The molecule has 0 unspecified atom stereocenters. The van der Waals surface area contributed by atoms with Crippen LogP contribution in [0, 0.1) is 23.5 Å². The molecule has 2 N–H and O–H groups in total. The number of rotatable bonds is 4. The third-order valence-electron chi connectivity index (χ3n) is 2.70. The molecule has 3 nitrogen and oxygen atoms in total. The van der Waals surface area contributed by atoms with Crippen molar-refractivity contribution in [3.05, 3.63) is 59.4 Å². The lowest BCUT2D eigenvalue weighted by atomic mass is 10.1. The number of benzene rings is 1. The number of halogens is 4. The quantitative estimate of drug-likeness (QED) is 0.671. The third kappa shape index (κ3) is 2.72. The minimum Gasteiger partial charge on any atom is -0.394 e. The van der Waals surface area contributed by atoms with E-state index in [9.17, 15) is 22.7 Å². The molecule has 0 saturated carbocycles. The Morgan fingerprint density at radius 3 is 2.05 bits per heavy atom. The zero-order valence-corrected chi connectivity index (χ0v) is 10.1. The maximum absolute atomic E-state index is 13.5. The number of nitrogens with zero attached hydrogens (tertiary/aromatic N) is 1.